The average molecular weight is 303 g/mol. The largest absolute Gasteiger partial charge is 0.398 e. The zero-order chi connectivity index (χ0) is 12.8. The summed E-state index contributed by atoms with van der Waals surface area (Å²) in [5, 5.41) is 11.7. The first kappa shape index (κ1) is 14.0. The van der Waals surface area contributed by atoms with E-state index < -0.39 is 6.04 Å². The second-order valence-corrected chi connectivity index (χ2v) is 4.40. The monoisotopic (exact) mass is 302 g/mol. The smallest absolute Gasteiger partial charge is 0.251 e. The number of amides is 1. The molecule has 0 radical (unpaired) electrons. The SMILES string of the molecule is COCC(CO)NC(=O)c1ccc(N)c(Br)c1. The van der Waals surface area contributed by atoms with Gasteiger partial charge in [0, 0.05) is 22.8 Å². The molecule has 1 rings (SSSR count). The van der Waals surface area contributed by atoms with Crippen molar-refractivity contribution in [3.8, 4) is 0 Å². The van der Waals surface area contributed by atoms with Crippen LogP contribution in [0.5, 0.6) is 0 Å². The number of carbonyl (C=O) groups excluding carboxylic acids is 1. The van der Waals surface area contributed by atoms with Gasteiger partial charge >= 0.3 is 0 Å². The first-order chi connectivity index (χ1) is 8.08. The minimum absolute atomic E-state index is 0.171. The Morgan fingerprint density at radius 3 is 2.88 bits per heavy atom. The molecule has 6 heteroatoms. The third kappa shape index (κ3) is 3.99. The van der Waals surface area contributed by atoms with Gasteiger partial charge in [-0.05, 0) is 34.1 Å². The van der Waals surface area contributed by atoms with Crippen molar-refractivity contribution >= 4 is 27.5 Å². The molecule has 0 fully saturated rings. The summed E-state index contributed by atoms with van der Waals surface area (Å²) in [6.45, 7) is 0.0914. The Morgan fingerprint density at radius 2 is 2.35 bits per heavy atom. The maximum Gasteiger partial charge on any atom is 0.251 e. The Bertz CT molecular complexity index is 398. The fraction of sp³-hybridized carbons (Fsp3) is 0.364. The van der Waals surface area contributed by atoms with E-state index in [-0.39, 0.29) is 19.1 Å². The second kappa shape index (κ2) is 6.58. The quantitative estimate of drug-likeness (QED) is 0.701. The van der Waals surface area contributed by atoms with Crippen molar-refractivity contribution in [2.24, 2.45) is 0 Å². The van der Waals surface area contributed by atoms with Crippen LogP contribution in [0.1, 0.15) is 10.4 Å². The minimum Gasteiger partial charge on any atom is -0.398 e. The van der Waals surface area contributed by atoms with E-state index in [1.807, 2.05) is 0 Å². The summed E-state index contributed by atoms with van der Waals surface area (Å²) in [5.41, 5.74) is 6.67. The zero-order valence-corrected chi connectivity index (χ0v) is 11.0. The van der Waals surface area contributed by atoms with E-state index in [9.17, 15) is 4.79 Å². The van der Waals surface area contributed by atoms with Crippen LogP contribution in [0.15, 0.2) is 22.7 Å². The molecular weight excluding hydrogens is 288 g/mol. The highest BCUT2D eigenvalue weighted by molar-refractivity contribution is 9.10. The van der Waals surface area contributed by atoms with Crippen LogP contribution in [0.3, 0.4) is 0 Å². The maximum atomic E-state index is 11.8. The van der Waals surface area contributed by atoms with Gasteiger partial charge in [-0.15, -0.1) is 0 Å². The Kier molecular flexibility index (Phi) is 5.40. The number of rotatable bonds is 5. The van der Waals surface area contributed by atoms with Crippen LogP contribution in [0.4, 0.5) is 5.69 Å². The Labute approximate surface area is 108 Å². The number of hydrogen-bond donors (Lipinski definition) is 3. The van der Waals surface area contributed by atoms with Crippen LogP contribution in [-0.2, 0) is 4.74 Å². The molecule has 1 aromatic carbocycles. The fourth-order valence-electron chi connectivity index (χ4n) is 1.28. The number of methoxy groups -OCH3 is 1. The molecule has 94 valence electrons. The van der Waals surface area contributed by atoms with Crippen LogP contribution >= 0.6 is 15.9 Å². The van der Waals surface area contributed by atoms with Crippen LogP contribution in [0, 0.1) is 0 Å². The van der Waals surface area contributed by atoms with Gasteiger partial charge in [0.15, 0.2) is 0 Å². The molecule has 0 aliphatic heterocycles. The van der Waals surface area contributed by atoms with Gasteiger partial charge in [0.25, 0.3) is 5.91 Å². The van der Waals surface area contributed by atoms with Gasteiger partial charge < -0.3 is 20.9 Å². The molecule has 0 bridgehead atoms. The Balaban J connectivity index is 2.72. The molecular formula is C11H15BrN2O3. The van der Waals surface area contributed by atoms with Crippen LogP contribution in [0.2, 0.25) is 0 Å². The topological polar surface area (TPSA) is 84.6 Å². The van der Waals surface area contributed by atoms with Gasteiger partial charge in [-0.2, -0.15) is 0 Å². The Hall–Kier alpha value is -1.11. The van der Waals surface area contributed by atoms with E-state index in [0.29, 0.717) is 15.7 Å². The molecule has 0 saturated heterocycles. The summed E-state index contributed by atoms with van der Waals surface area (Å²) < 4.78 is 5.53. The highest BCUT2D eigenvalue weighted by Gasteiger charge is 2.13. The summed E-state index contributed by atoms with van der Waals surface area (Å²) in [6, 6.07) is 4.48. The lowest BCUT2D eigenvalue weighted by Crippen LogP contribution is -2.40. The molecule has 17 heavy (non-hydrogen) atoms. The van der Waals surface area contributed by atoms with E-state index >= 15 is 0 Å². The molecule has 0 aliphatic carbocycles. The number of nitrogen functional groups attached to an aromatic ring is 1. The van der Waals surface area contributed by atoms with Gasteiger partial charge in [-0.25, -0.2) is 0 Å². The van der Waals surface area contributed by atoms with E-state index in [1.165, 1.54) is 7.11 Å². The Morgan fingerprint density at radius 1 is 1.65 bits per heavy atom. The number of nitrogens with two attached hydrogens (primary N) is 1. The lowest BCUT2D eigenvalue weighted by molar-refractivity contribution is 0.0839. The van der Waals surface area contributed by atoms with E-state index in [2.05, 4.69) is 21.2 Å². The van der Waals surface area contributed by atoms with Crippen molar-refractivity contribution in [1.29, 1.82) is 0 Å². The number of anilines is 1. The number of hydrogen-bond acceptors (Lipinski definition) is 4. The van der Waals surface area contributed by atoms with Crippen molar-refractivity contribution < 1.29 is 14.6 Å². The summed E-state index contributed by atoms with van der Waals surface area (Å²) in [7, 11) is 1.51. The highest BCUT2D eigenvalue weighted by Crippen LogP contribution is 2.20. The first-order valence-electron chi connectivity index (χ1n) is 5.04. The van der Waals surface area contributed by atoms with Crippen molar-refractivity contribution in [1.82, 2.24) is 5.32 Å². The second-order valence-electron chi connectivity index (χ2n) is 3.54. The molecule has 0 saturated carbocycles. The predicted octanol–water partition coefficient (Wildman–Crippen LogP) is 0.768. The molecule has 1 atom stereocenters. The number of carbonyl (C=O) groups is 1. The summed E-state index contributed by atoms with van der Waals surface area (Å²) >= 11 is 3.25. The lowest BCUT2D eigenvalue weighted by Gasteiger charge is -2.15. The third-order valence-corrected chi connectivity index (χ3v) is 2.87. The summed E-state index contributed by atoms with van der Waals surface area (Å²) in [6.07, 6.45) is 0. The molecule has 4 N–H and O–H groups in total. The minimum atomic E-state index is -0.413. The molecule has 0 aliphatic rings. The lowest BCUT2D eigenvalue weighted by atomic mass is 10.2. The van der Waals surface area contributed by atoms with Crippen LogP contribution in [-0.4, -0.2) is 37.4 Å². The number of nitrogens with one attached hydrogen (secondary N) is 1. The predicted molar refractivity (Wildman–Crippen MR) is 68.8 cm³/mol. The van der Waals surface area contributed by atoms with Crippen molar-refractivity contribution in [3.05, 3.63) is 28.2 Å². The number of aliphatic hydroxyl groups is 1. The number of halogens is 1. The average Bonchev–Trinajstić information content (AvgIpc) is 2.31. The standard InChI is InChI=1S/C11H15BrN2O3/c1-17-6-8(5-15)14-11(16)7-2-3-10(13)9(12)4-7/h2-4,8,15H,5-6,13H2,1H3,(H,14,16). The highest BCUT2D eigenvalue weighted by atomic mass is 79.9. The van der Waals surface area contributed by atoms with Crippen LogP contribution < -0.4 is 11.1 Å². The van der Waals surface area contributed by atoms with E-state index in [0.717, 1.165) is 0 Å². The van der Waals surface area contributed by atoms with E-state index in [4.69, 9.17) is 15.6 Å². The molecule has 0 spiro atoms. The van der Waals surface area contributed by atoms with Crippen LogP contribution in [0.25, 0.3) is 0 Å². The fourth-order valence-corrected chi connectivity index (χ4v) is 1.66. The van der Waals surface area contributed by atoms with Gasteiger partial charge in [-0.1, -0.05) is 0 Å². The number of benzene rings is 1. The molecule has 5 nitrogen and oxygen atoms in total. The van der Waals surface area contributed by atoms with Gasteiger partial charge in [0.1, 0.15) is 0 Å². The van der Waals surface area contributed by atoms with Gasteiger partial charge in [0.2, 0.25) is 0 Å². The summed E-state index contributed by atoms with van der Waals surface area (Å²) in [4.78, 5) is 11.8. The number of aliphatic hydroxyl groups excluding tert-OH is 1. The zero-order valence-electron chi connectivity index (χ0n) is 9.44. The van der Waals surface area contributed by atoms with Gasteiger partial charge in [-0.3, -0.25) is 4.79 Å². The van der Waals surface area contributed by atoms with E-state index in [1.54, 1.807) is 18.2 Å². The van der Waals surface area contributed by atoms with Crippen molar-refractivity contribution in [2.75, 3.05) is 26.1 Å². The van der Waals surface area contributed by atoms with Crippen molar-refractivity contribution in [3.63, 3.8) is 0 Å². The molecule has 1 aromatic rings. The number of ether oxygens (including phenoxy) is 1. The molecule has 0 aromatic heterocycles. The summed E-state index contributed by atoms with van der Waals surface area (Å²) in [5.74, 6) is -0.276. The maximum absolute atomic E-state index is 11.8. The molecule has 0 heterocycles. The van der Waals surface area contributed by atoms with Gasteiger partial charge in [0.05, 0.1) is 19.3 Å². The normalized spacial score (nSPS) is 12.2. The first-order valence-corrected chi connectivity index (χ1v) is 5.83. The van der Waals surface area contributed by atoms with Crippen molar-refractivity contribution in [2.45, 2.75) is 6.04 Å². The third-order valence-electron chi connectivity index (χ3n) is 2.19. The molecule has 1 unspecified atom stereocenters. The molecule has 1 amide bonds.